The fourth-order valence-electron chi connectivity index (χ4n) is 1.85. The number of ether oxygens (including phenoxy) is 3. The third-order valence-corrected chi connectivity index (χ3v) is 2.81. The zero-order valence-corrected chi connectivity index (χ0v) is 10.4. The summed E-state index contributed by atoms with van der Waals surface area (Å²) in [6, 6.07) is 5.25. The van der Waals surface area contributed by atoms with Crippen molar-refractivity contribution in [1.82, 2.24) is 0 Å². The second-order valence-corrected chi connectivity index (χ2v) is 3.89. The van der Waals surface area contributed by atoms with Crippen molar-refractivity contribution in [1.29, 1.82) is 0 Å². The predicted octanol–water partition coefficient (Wildman–Crippen LogP) is 0.988. The van der Waals surface area contributed by atoms with Gasteiger partial charge >= 0.3 is 6.09 Å². The van der Waals surface area contributed by atoms with E-state index in [1.54, 1.807) is 32.4 Å². The van der Waals surface area contributed by atoms with Crippen LogP contribution in [-0.4, -0.2) is 39.5 Å². The van der Waals surface area contributed by atoms with E-state index in [1.165, 1.54) is 4.90 Å². The number of amides is 1. The highest BCUT2D eigenvalue weighted by molar-refractivity contribution is 5.91. The van der Waals surface area contributed by atoms with Gasteiger partial charge in [-0.3, -0.25) is 4.90 Å². The molecular formula is C12H16N2O4. The molecule has 0 aliphatic carbocycles. The van der Waals surface area contributed by atoms with Crippen molar-refractivity contribution in [3.05, 3.63) is 18.2 Å². The van der Waals surface area contributed by atoms with E-state index in [0.717, 1.165) is 0 Å². The number of carbonyl (C=O) groups is 1. The Hall–Kier alpha value is -1.95. The highest BCUT2D eigenvalue weighted by atomic mass is 16.6. The van der Waals surface area contributed by atoms with Gasteiger partial charge in [0.05, 0.1) is 26.5 Å². The number of hydrogen-bond acceptors (Lipinski definition) is 5. The van der Waals surface area contributed by atoms with Crippen molar-refractivity contribution in [2.24, 2.45) is 5.73 Å². The van der Waals surface area contributed by atoms with Gasteiger partial charge in [-0.25, -0.2) is 4.79 Å². The second kappa shape index (κ2) is 5.14. The third kappa shape index (κ3) is 2.19. The molecule has 6 nitrogen and oxygen atoms in total. The van der Waals surface area contributed by atoms with Gasteiger partial charge in [0.15, 0.2) is 0 Å². The normalized spacial score (nSPS) is 18.7. The summed E-state index contributed by atoms with van der Waals surface area (Å²) >= 11 is 0. The number of nitrogens with zero attached hydrogens (tertiary/aromatic N) is 1. The number of cyclic esters (lactones) is 1. The summed E-state index contributed by atoms with van der Waals surface area (Å²) in [5.74, 6) is 1.22. The van der Waals surface area contributed by atoms with Gasteiger partial charge in [-0.1, -0.05) is 0 Å². The number of nitrogens with two attached hydrogens (primary N) is 1. The largest absolute Gasteiger partial charge is 0.497 e. The van der Waals surface area contributed by atoms with Crippen molar-refractivity contribution in [3.8, 4) is 11.5 Å². The Balaban J connectivity index is 2.30. The van der Waals surface area contributed by atoms with Crippen LogP contribution < -0.4 is 20.1 Å². The van der Waals surface area contributed by atoms with E-state index >= 15 is 0 Å². The number of rotatable bonds is 4. The number of methoxy groups -OCH3 is 2. The van der Waals surface area contributed by atoms with Crippen LogP contribution in [0.15, 0.2) is 18.2 Å². The molecule has 2 rings (SSSR count). The minimum Gasteiger partial charge on any atom is -0.497 e. The average Bonchev–Trinajstić information content (AvgIpc) is 2.79. The van der Waals surface area contributed by atoms with Crippen LogP contribution in [0.4, 0.5) is 10.5 Å². The molecule has 1 heterocycles. The lowest BCUT2D eigenvalue weighted by molar-refractivity contribution is 0.145. The average molecular weight is 252 g/mol. The van der Waals surface area contributed by atoms with Crippen LogP contribution in [0.25, 0.3) is 0 Å². The minimum atomic E-state index is -0.408. The lowest BCUT2D eigenvalue weighted by Gasteiger charge is -2.17. The van der Waals surface area contributed by atoms with Gasteiger partial charge in [-0.2, -0.15) is 0 Å². The fraction of sp³-hybridized carbons (Fsp3) is 0.417. The van der Waals surface area contributed by atoms with Crippen LogP contribution in [0.3, 0.4) is 0 Å². The standard InChI is InChI=1S/C12H16N2O4/c1-16-8-3-4-10(11(5-8)17-2)14-7-9(6-13)18-12(14)15/h3-5,9H,6-7,13H2,1-2H3. The lowest BCUT2D eigenvalue weighted by Crippen LogP contribution is -2.27. The molecule has 6 heteroatoms. The summed E-state index contributed by atoms with van der Waals surface area (Å²) < 4.78 is 15.5. The van der Waals surface area contributed by atoms with Crippen LogP contribution in [0.5, 0.6) is 11.5 Å². The lowest BCUT2D eigenvalue weighted by atomic mass is 10.2. The van der Waals surface area contributed by atoms with Crippen molar-refractivity contribution < 1.29 is 19.0 Å². The van der Waals surface area contributed by atoms with Crippen molar-refractivity contribution in [2.45, 2.75) is 6.10 Å². The van der Waals surface area contributed by atoms with E-state index in [0.29, 0.717) is 30.3 Å². The van der Waals surface area contributed by atoms with Crippen LogP contribution in [0.2, 0.25) is 0 Å². The summed E-state index contributed by atoms with van der Waals surface area (Å²) in [5.41, 5.74) is 6.15. The Morgan fingerprint density at radius 2 is 2.22 bits per heavy atom. The number of carbonyl (C=O) groups excluding carboxylic acids is 1. The first-order valence-electron chi connectivity index (χ1n) is 5.59. The monoisotopic (exact) mass is 252 g/mol. The zero-order valence-electron chi connectivity index (χ0n) is 10.4. The first-order valence-corrected chi connectivity index (χ1v) is 5.59. The van der Waals surface area contributed by atoms with E-state index in [2.05, 4.69) is 0 Å². The minimum absolute atomic E-state index is 0.274. The maximum absolute atomic E-state index is 11.7. The molecule has 0 saturated carbocycles. The van der Waals surface area contributed by atoms with Gasteiger partial charge in [0.25, 0.3) is 0 Å². The van der Waals surface area contributed by atoms with Crippen LogP contribution in [-0.2, 0) is 4.74 Å². The van der Waals surface area contributed by atoms with Gasteiger partial charge in [0.2, 0.25) is 0 Å². The fourth-order valence-corrected chi connectivity index (χ4v) is 1.85. The Morgan fingerprint density at radius 1 is 1.44 bits per heavy atom. The summed E-state index contributed by atoms with van der Waals surface area (Å²) in [6.07, 6.45) is -0.682. The molecule has 0 bridgehead atoms. The van der Waals surface area contributed by atoms with Gasteiger partial charge in [-0.05, 0) is 12.1 Å². The molecule has 1 aromatic carbocycles. The summed E-state index contributed by atoms with van der Waals surface area (Å²) in [7, 11) is 3.11. The van der Waals surface area contributed by atoms with E-state index in [9.17, 15) is 4.79 Å². The maximum Gasteiger partial charge on any atom is 0.414 e. The van der Waals surface area contributed by atoms with E-state index < -0.39 is 6.09 Å². The maximum atomic E-state index is 11.7. The van der Waals surface area contributed by atoms with E-state index in [4.69, 9.17) is 19.9 Å². The number of anilines is 1. The molecular weight excluding hydrogens is 236 g/mol. The molecule has 2 N–H and O–H groups in total. The molecule has 1 aliphatic rings. The SMILES string of the molecule is COc1ccc(N2CC(CN)OC2=O)c(OC)c1. The highest BCUT2D eigenvalue weighted by Crippen LogP contribution is 2.34. The van der Waals surface area contributed by atoms with Crippen molar-refractivity contribution in [3.63, 3.8) is 0 Å². The quantitative estimate of drug-likeness (QED) is 0.865. The zero-order chi connectivity index (χ0) is 13.1. The van der Waals surface area contributed by atoms with Gasteiger partial charge in [0.1, 0.15) is 17.6 Å². The predicted molar refractivity (Wildman–Crippen MR) is 66.2 cm³/mol. The summed E-state index contributed by atoms with van der Waals surface area (Å²) in [4.78, 5) is 13.2. The summed E-state index contributed by atoms with van der Waals surface area (Å²) in [5, 5.41) is 0. The number of benzene rings is 1. The first kappa shape index (κ1) is 12.5. The molecule has 1 aromatic rings. The molecule has 0 radical (unpaired) electrons. The van der Waals surface area contributed by atoms with E-state index in [-0.39, 0.29) is 6.10 Å². The molecule has 1 aliphatic heterocycles. The first-order chi connectivity index (χ1) is 8.69. The summed E-state index contributed by atoms with van der Waals surface area (Å²) in [6.45, 7) is 0.735. The topological polar surface area (TPSA) is 74.0 Å². The van der Waals surface area contributed by atoms with Gasteiger partial charge < -0.3 is 19.9 Å². The van der Waals surface area contributed by atoms with Gasteiger partial charge in [-0.15, -0.1) is 0 Å². The molecule has 0 aromatic heterocycles. The molecule has 1 amide bonds. The van der Waals surface area contributed by atoms with Crippen LogP contribution >= 0.6 is 0 Å². The van der Waals surface area contributed by atoms with Gasteiger partial charge in [0, 0.05) is 12.6 Å². The molecule has 18 heavy (non-hydrogen) atoms. The van der Waals surface area contributed by atoms with Crippen LogP contribution in [0.1, 0.15) is 0 Å². The Bertz CT molecular complexity index is 450. The molecule has 1 saturated heterocycles. The van der Waals surface area contributed by atoms with E-state index in [1.807, 2.05) is 0 Å². The van der Waals surface area contributed by atoms with Crippen molar-refractivity contribution >= 4 is 11.8 Å². The second-order valence-electron chi connectivity index (χ2n) is 3.89. The number of hydrogen-bond donors (Lipinski definition) is 1. The smallest absolute Gasteiger partial charge is 0.414 e. The highest BCUT2D eigenvalue weighted by Gasteiger charge is 2.33. The molecule has 1 fully saturated rings. The Kier molecular flexibility index (Phi) is 3.57. The molecule has 1 unspecified atom stereocenters. The molecule has 1 atom stereocenters. The molecule has 98 valence electrons. The Morgan fingerprint density at radius 3 is 2.78 bits per heavy atom. The van der Waals surface area contributed by atoms with Crippen LogP contribution in [0, 0.1) is 0 Å². The third-order valence-electron chi connectivity index (χ3n) is 2.81. The Labute approximate surface area is 105 Å². The molecule has 0 spiro atoms. The van der Waals surface area contributed by atoms with Crippen molar-refractivity contribution in [2.75, 3.05) is 32.2 Å².